The minimum Gasteiger partial charge on any atom is -0.307 e. The molecule has 0 saturated carbocycles. The van der Waals surface area contributed by atoms with E-state index in [-0.39, 0.29) is 6.03 Å². The summed E-state index contributed by atoms with van der Waals surface area (Å²) in [4.78, 5) is 14.5. The lowest BCUT2D eigenvalue weighted by Gasteiger charge is -2.23. The summed E-state index contributed by atoms with van der Waals surface area (Å²) in [5.41, 5.74) is 3.58. The van der Waals surface area contributed by atoms with Crippen molar-refractivity contribution < 1.29 is 4.79 Å². The van der Waals surface area contributed by atoms with Crippen molar-refractivity contribution in [3.8, 4) is 0 Å². The Morgan fingerprint density at radius 1 is 0.739 bits per heavy atom. The van der Waals surface area contributed by atoms with E-state index < -0.39 is 0 Å². The van der Waals surface area contributed by atoms with Crippen LogP contribution in [0.2, 0.25) is 0 Å². The molecule has 2 amide bonds. The number of nitrogens with one attached hydrogen (secondary N) is 1. The minimum atomic E-state index is -0.189. The van der Waals surface area contributed by atoms with Gasteiger partial charge in [0.05, 0.1) is 11.4 Å². The average Bonchev–Trinajstić information content (AvgIpc) is 2.59. The van der Waals surface area contributed by atoms with E-state index in [1.807, 2.05) is 91.9 Å². The molecule has 0 atom stereocenters. The van der Waals surface area contributed by atoms with E-state index in [9.17, 15) is 4.79 Å². The predicted molar refractivity (Wildman–Crippen MR) is 95.2 cm³/mol. The number of urea groups is 1. The standard InChI is InChI=1S/C20H18N2O/c1-16-12-14-19(15-13-16)22(18-10-6-3-7-11-18)20(23)21-17-8-4-2-5-9-17/h2-15H,1H3,(H,21,23). The molecule has 114 valence electrons. The summed E-state index contributed by atoms with van der Waals surface area (Å²) in [6, 6.07) is 26.8. The van der Waals surface area contributed by atoms with E-state index >= 15 is 0 Å². The van der Waals surface area contributed by atoms with Crippen LogP contribution in [-0.4, -0.2) is 6.03 Å². The normalized spacial score (nSPS) is 10.1. The fourth-order valence-corrected chi connectivity index (χ4v) is 2.36. The molecular weight excluding hydrogens is 284 g/mol. The zero-order chi connectivity index (χ0) is 16.1. The first-order valence-electron chi connectivity index (χ1n) is 7.52. The Morgan fingerprint density at radius 3 is 1.87 bits per heavy atom. The molecule has 3 rings (SSSR count). The topological polar surface area (TPSA) is 32.3 Å². The highest BCUT2D eigenvalue weighted by Gasteiger charge is 2.17. The molecule has 0 aliphatic heterocycles. The second-order valence-corrected chi connectivity index (χ2v) is 5.30. The van der Waals surface area contributed by atoms with Gasteiger partial charge in [0.15, 0.2) is 0 Å². The molecule has 0 aliphatic rings. The molecule has 0 bridgehead atoms. The lowest BCUT2D eigenvalue weighted by atomic mass is 10.2. The van der Waals surface area contributed by atoms with Crippen LogP contribution in [0, 0.1) is 6.92 Å². The Balaban J connectivity index is 1.95. The maximum atomic E-state index is 12.8. The second-order valence-electron chi connectivity index (χ2n) is 5.30. The summed E-state index contributed by atoms with van der Waals surface area (Å²) in [5, 5.41) is 2.94. The van der Waals surface area contributed by atoms with Crippen LogP contribution in [0.3, 0.4) is 0 Å². The number of hydrogen-bond acceptors (Lipinski definition) is 1. The third-order valence-electron chi connectivity index (χ3n) is 3.53. The fraction of sp³-hybridized carbons (Fsp3) is 0.0500. The van der Waals surface area contributed by atoms with Gasteiger partial charge in [-0.15, -0.1) is 0 Å². The Kier molecular flexibility index (Phi) is 4.39. The van der Waals surface area contributed by atoms with Crippen LogP contribution in [-0.2, 0) is 0 Å². The number of anilines is 3. The SMILES string of the molecule is Cc1ccc(N(C(=O)Nc2ccccc2)c2ccccc2)cc1. The molecule has 0 aromatic heterocycles. The largest absolute Gasteiger partial charge is 0.330 e. The van der Waals surface area contributed by atoms with Gasteiger partial charge >= 0.3 is 6.03 Å². The molecule has 3 aromatic carbocycles. The average molecular weight is 302 g/mol. The van der Waals surface area contributed by atoms with Gasteiger partial charge in [0.2, 0.25) is 0 Å². The molecule has 0 radical (unpaired) electrons. The molecule has 0 saturated heterocycles. The van der Waals surface area contributed by atoms with E-state index in [4.69, 9.17) is 0 Å². The molecule has 3 nitrogen and oxygen atoms in total. The summed E-state index contributed by atoms with van der Waals surface area (Å²) >= 11 is 0. The first-order valence-corrected chi connectivity index (χ1v) is 7.52. The molecule has 3 heteroatoms. The van der Waals surface area contributed by atoms with Gasteiger partial charge in [0.25, 0.3) is 0 Å². The van der Waals surface area contributed by atoms with Gasteiger partial charge < -0.3 is 5.32 Å². The molecule has 3 aromatic rings. The Morgan fingerprint density at radius 2 is 1.26 bits per heavy atom. The van der Waals surface area contributed by atoms with Crippen LogP contribution in [0.5, 0.6) is 0 Å². The van der Waals surface area contributed by atoms with E-state index in [0.717, 1.165) is 22.6 Å². The lowest BCUT2D eigenvalue weighted by Crippen LogP contribution is -2.30. The van der Waals surface area contributed by atoms with Gasteiger partial charge in [-0.25, -0.2) is 4.79 Å². The summed E-state index contributed by atoms with van der Waals surface area (Å²) in [7, 11) is 0. The number of carbonyl (C=O) groups excluding carboxylic acids is 1. The third kappa shape index (κ3) is 3.58. The van der Waals surface area contributed by atoms with E-state index in [1.165, 1.54) is 0 Å². The maximum Gasteiger partial charge on any atom is 0.330 e. The van der Waals surface area contributed by atoms with Crippen molar-refractivity contribution in [2.24, 2.45) is 0 Å². The number of rotatable bonds is 3. The fourth-order valence-electron chi connectivity index (χ4n) is 2.36. The summed E-state index contributed by atoms with van der Waals surface area (Å²) in [6.45, 7) is 2.03. The van der Waals surface area contributed by atoms with Crippen LogP contribution in [0.15, 0.2) is 84.9 Å². The van der Waals surface area contributed by atoms with Crippen molar-refractivity contribution in [2.75, 3.05) is 10.2 Å². The van der Waals surface area contributed by atoms with Crippen molar-refractivity contribution in [2.45, 2.75) is 6.92 Å². The number of benzene rings is 3. The van der Waals surface area contributed by atoms with Gasteiger partial charge in [0, 0.05) is 5.69 Å². The summed E-state index contributed by atoms with van der Waals surface area (Å²) in [6.07, 6.45) is 0. The third-order valence-corrected chi connectivity index (χ3v) is 3.53. The van der Waals surface area contributed by atoms with E-state index in [0.29, 0.717) is 0 Å². The maximum absolute atomic E-state index is 12.8. The number of amides is 2. The van der Waals surface area contributed by atoms with Gasteiger partial charge in [-0.2, -0.15) is 0 Å². The first kappa shape index (κ1) is 14.9. The van der Waals surface area contributed by atoms with Crippen molar-refractivity contribution in [3.05, 3.63) is 90.5 Å². The van der Waals surface area contributed by atoms with Crippen molar-refractivity contribution in [1.82, 2.24) is 0 Å². The summed E-state index contributed by atoms with van der Waals surface area (Å²) < 4.78 is 0. The quantitative estimate of drug-likeness (QED) is 0.693. The van der Waals surface area contributed by atoms with Gasteiger partial charge in [-0.05, 0) is 43.3 Å². The number of aryl methyl sites for hydroxylation is 1. The van der Waals surface area contributed by atoms with Crippen LogP contribution in [0.25, 0.3) is 0 Å². The van der Waals surface area contributed by atoms with Crippen LogP contribution >= 0.6 is 0 Å². The van der Waals surface area contributed by atoms with Gasteiger partial charge in [0.1, 0.15) is 0 Å². The molecule has 23 heavy (non-hydrogen) atoms. The minimum absolute atomic E-state index is 0.189. The summed E-state index contributed by atoms with van der Waals surface area (Å²) in [5.74, 6) is 0. The van der Waals surface area contributed by atoms with Crippen molar-refractivity contribution >= 4 is 23.1 Å². The zero-order valence-corrected chi connectivity index (χ0v) is 12.9. The highest BCUT2D eigenvalue weighted by molar-refractivity contribution is 6.07. The molecule has 0 heterocycles. The molecule has 0 spiro atoms. The molecular formula is C20H18N2O. The number of para-hydroxylation sites is 2. The monoisotopic (exact) mass is 302 g/mol. The highest BCUT2D eigenvalue weighted by atomic mass is 16.2. The van der Waals surface area contributed by atoms with E-state index in [2.05, 4.69) is 5.32 Å². The Bertz CT molecular complexity index is 768. The molecule has 0 aliphatic carbocycles. The predicted octanol–water partition coefficient (Wildman–Crippen LogP) is 5.37. The van der Waals surface area contributed by atoms with Crippen molar-refractivity contribution in [3.63, 3.8) is 0 Å². The molecule has 0 fully saturated rings. The second kappa shape index (κ2) is 6.79. The number of carbonyl (C=O) groups is 1. The van der Waals surface area contributed by atoms with Crippen LogP contribution < -0.4 is 10.2 Å². The van der Waals surface area contributed by atoms with Crippen LogP contribution in [0.4, 0.5) is 21.9 Å². The van der Waals surface area contributed by atoms with Crippen LogP contribution in [0.1, 0.15) is 5.56 Å². The first-order chi connectivity index (χ1) is 11.2. The zero-order valence-electron chi connectivity index (χ0n) is 12.9. The highest BCUT2D eigenvalue weighted by Crippen LogP contribution is 2.26. The smallest absolute Gasteiger partial charge is 0.307 e. The molecule has 1 N–H and O–H groups in total. The van der Waals surface area contributed by atoms with Gasteiger partial charge in [-0.3, -0.25) is 4.90 Å². The van der Waals surface area contributed by atoms with E-state index in [1.54, 1.807) is 4.90 Å². The van der Waals surface area contributed by atoms with Gasteiger partial charge in [-0.1, -0.05) is 54.1 Å². The number of nitrogens with zero attached hydrogens (tertiary/aromatic N) is 1. The lowest BCUT2D eigenvalue weighted by molar-refractivity contribution is 0.259. The Hall–Kier alpha value is -3.07. The number of hydrogen-bond donors (Lipinski definition) is 1. The van der Waals surface area contributed by atoms with Crippen molar-refractivity contribution in [1.29, 1.82) is 0 Å². The Labute approximate surface area is 136 Å². The molecule has 0 unspecified atom stereocenters.